The third-order valence-corrected chi connectivity index (χ3v) is 3.51. The van der Waals surface area contributed by atoms with E-state index in [1.54, 1.807) is 0 Å². The van der Waals surface area contributed by atoms with E-state index in [1.807, 2.05) is 42.8 Å². The van der Waals surface area contributed by atoms with Crippen LogP contribution in [0, 0.1) is 26.7 Å². The van der Waals surface area contributed by atoms with Gasteiger partial charge in [-0.05, 0) is 44.9 Å². The lowest BCUT2D eigenvalue weighted by atomic mass is 10.1. The molecule has 0 aliphatic rings. The number of rotatable bonds is 5. The van der Waals surface area contributed by atoms with Crippen LogP contribution in [0.3, 0.4) is 0 Å². The molecule has 1 N–H and O–H groups in total. The number of carbonyl (C=O) groups excluding carboxylic acids is 1. The second kappa shape index (κ2) is 6.57. The van der Waals surface area contributed by atoms with Crippen LogP contribution in [-0.2, 0) is 6.54 Å². The Hall–Kier alpha value is -2.10. The van der Waals surface area contributed by atoms with Gasteiger partial charge in [0, 0.05) is 24.3 Å². The van der Waals surface area contributed by atoms with Gasteiger partial charge >= 0.3 is 0 Å². The van der Waals surface area contributed by atoms with Gasteiger partial charge in [-0.3, -0.25) is 9.48 Å². The number of carbonyl (C=O) groups is 1. The smallest absolute Gasteiger partial charge is 0.251 e. The molecule has 0 aliphatic heterocycles. The summed E-state index contributed by atoms with van der Waals surface area (Å²) >= 11 is 0. The highest BCUT2D eigenvalue weighted by Gasteiger charge is 2.10. The molecule has 0 bridgehead atoms. The predicted molar refractivity (Wildman–Crippen MR) is 84.4 cm³/mol. The van der Waals surface area contributed by atoms with Gasteiger partial charge in [0.2, 0.25) is 0 Å². The van der Waals surface area contributed by atoms with Crippen molar-refractivity contribution >= 4 is 5.91 Å². The van der Waals surface area contributed by atoms with Crippen LogP contribution >= 0.6 is 0 Å². The molecule has 2 rings (SSSR count). The molecule has 21 heavy (non-hydrogen) atoms. The summed E-state index contributed by atoms with van der Waals surface area (Å²) < 4.78 is 2.00. The first-order chi connectivity index (χ1) is 9.95. The summed E-state index contributed by atoms with van der Waals surface area (Å²) in [6.45, 7) is 9.63. The van der Waals surface area contributed by atoms with Crippen molar-refractivity contribution in [3.63, 3.8) is 0 Å². The molecule has 1 atom stereocenters. The van der Waals surface area contributed by atoms with E-state index in [9.17, 15) is 4.79 Å². The van der Waals surface area contributed by atoms with Gasteiger partial charge in [-0.1, -0.05) is 24.6 Å². The zero-order chi connectivity index (χ0) is 15.4. The highest BCUT2D eigenvalue weighted by molar-refractivity contribution is 5.94. The van der Waals surface area contributed by atoms with Crippen LogP contribution in [0.15, 0.2) is 30.3 Å². The molecule has 2 aromatic rings. The van der Waals surface area contributed by atoms with Crippen molar-refractivity contribution in [2.75, 3.05) is 6.54 Å². The molecule has 4 heteroatoms. The van der Waals surface area contributed by atoms with Crippen molar-refractivity contribution in [2.45, 2.75) is 34.2 Å². The SMILES string of the molecule is Cc1ccc(C(=O)NC[C@H](C)Cn2nc(C)cc2C)cc1. The van der Waals surface area contributed by atoms with Gasteiger partial charge in [0.1, 0.15) is 0 Å². The van der Waals surface area contributed by atoms with E-state index in [-0.39, 0.29) is 5.91 Å². The monoisotopic (exact) mass is 285 g/mol. The number of aromatic nitrogens is 2. The molecule has 0 fully saturated rings. The van der Waals surface area contributed by atoms with E-state index in [1.165, 1.54) is 0 Å². The second-order valence-electron chi connectivity index (χ2n) is 5.79. The Bertz CT molecular complexity index is 613. The maximum atomic E-state index is 12.1. The average molecular weight is 285 g/mol. The summed E-state index contributed by atoms with van der Waals surface area (Å²) in [6.07, 6.45) is 0. The van der Waals surface area contributed by atoms with Crippen LogP contribution < -0.4 is 5.32 Å². The second-order valence-corrected chi connectivity index (χ2v) is 5.79. The van der Waals surface area contributed by atoms with Crippen molar-refractivity contribution in [2.24, 2.45) is 5.92 Å². The molecule has 4 nitrogen and oxygen atoms in total. The molecular weight excluding hydrogens is 262 g/mol. The van der Waals surface area contributed by atoms with Gasteiger partial charge in [0.25, 0.3) is 5.91 Å². The van der Waals surface area contributed by atoms with E-state index in [2.05, 4.69) is 30.3 Å². The Morgan fingerprint density at radius 1 is 1.24 bits per heavy atom. The molecule has 112 valence electrons. The Balaban J connectivity index is 1.86. The lowest BCUT2D eigenvalue weighted by molar-refractivity contribution is 0.0946. The van der Waals surface area contributed by atoms with E-state index >= 15 is 0 Å². The largest absolute Gasteiger partial charge is 0.352 e. The first kappa shape index (κ1) is 15.3. The molecule has 0 aliphatic carbocycles. The Labute approximate surface area is 126 Å². The fourth-order valence-electron chi connectivity index (χ4n) is 2.29. The molecule has 1 amide bonds. The lowest BCUT2D eigenvalue weighted by Gasteiger charge is -2.14. The van der Waals surface area contributed by atoms with Crippen molar-refractivity contribution in [3.05, 3.63) is 52.8 Å². The molecule has 0 saturated carbocycles. The zero-order valence-corrected chi connectivity index (χ0v) is 13.2. The Morgan fingerprint density at radius 3 is 2.48 bits per heavy atom. The molecule has 0 unspecified atom stereocenters. The molecule has 1 heterocycles. The minimum absolute atomic E-state index is 0.0183. The summed E-state index contributed by atoms with van der Waals surface area (Å²) in [7, 11) is 0. The van der Waals surface area contributed by atoms with E-state index in [4.69, 9.17) is 0 Å². The van der Waals surface area contributed by atoms with E-state index in [0.717, 1.165) is 23.5 Å². The van der Waals surface area contributed by atoms with Gasteiger partial charge in [0.05, 0.1) is 5.69 Å². The van der Waals surface area contributed by atoms with Gasteiger partial charge in [0.15, 0.2) is 0 Å². The van der Waals surface area contributed by atoms with Crippen LogP contribution in [0.1, 0.15) is 34.2 Å². The minimum atomic E-state index is -0.0183. The first-order valence-corrected chi connectivity index (χ1v) is 7.31. The van der Waals surface area contributed by atoms with Crippen LogP contribution in [0.5, 0.6) is 0 Å². The summed E-state index contributed by atoms with van der Waals surface area (Å²) in [4.78, 5) is 12.1. The van der Waals surface area contributed by atoms with Crippen molar-refractivity contribution in [3.8, 4) is 0 Å². The van der Waals surface area contributed by atoms with Crippen LogP contribution in [0.4, 0.5) is 0 Å². The number of hydrogen-bond donors (Lipinski definition) is 1. The Kier molecular flexibility index (Phi) is 4.78. The first-order valence-electron chi connectivity index (χ1n) is 7.31. The van der Waals surface area contributed by atoms with Gasteiger partial charge in [-0.2, -0.15) is 5.10 Å². The number of benzene rings is 1. The standard InChI is InChI=1S/C17H23N3O/c1-12-5-7-16(8-6-12)17(21)18-10-13(2)11-20-15(4)9-14(3)19-20/h5-9,13H,10-11H2,1-4H3,(H,18,21)/t13-/m0/s1. The zero-order valence-electron chi connectivity index (χ0n) is 13.2. The third-order valence-electron chi connectivity index (χ3n) is 3.51. The molecule has 1 aromatic carbocycles. The number of hydrogen-bond acceptors (Lipinski definition) is 2. The number of aryl methyl sites for hydroxylation is 3. The normalized spacial score (nSPS) is 12.2. The van der Waals surface area contributed by atoms with Crippen molar-refractivity contribution in [1.29, 1.82) is 0 Å². The van der Waals surface area contributed by atoms with Crippen LogP contribution in [0.25, 0.3) is 0 Å². The third kappa shape index (κ3) is 4.18. The fourth-order valence-corrected chi connectivity index (χ4v) is 2.29. The van der Waals surface area contributed by atoms with Gasteiger partial charge < -0.3 is 5.32 Å². The topological polar surface area (TPSA) is 46.9 Å². The van der Waals surface area contributed by atoms with Crippen LogP contribution in [0.2, 0.25) is 0 Å². The minimum Gasteiger partial charge on any atom is -0.352 e. The fraction of sp³-hybridized carbons (Fsp3) is 0.412. The molecule has 0 radical (unpaired) electrons. The maximum absolute atomic E-state index is 12.1. The summed E-state index contributed by atoms with van der Waals surface area (Å²) in [5.74, 6) is 0.313. The summed E-state index contributed by atoms with van der Waals surface area (Å²) in [5, 5.41) is 7.43. The molecular formula is C17H23N3O. The van der Waals surface area contributed by atoms with Gasteiger partial charge in [-0.25, -0.2) is 0 Å². The Morgan fingerprint density at radius 2 is 1.90 bits per heavy atom. The van der Waals surface area contributed by atoms with Crippen LogP contribution in [-0.4, -0.2) is 22.2 Å². The summed E-state index contributed by atoms with van der Waals surface area (Å²) in [6, 6.07) is 9.69. The summed E-state index contributed by atoms with van der Waals surface area (Å²) in [5.41, 5.74) is 4.05. The number of amides is 1. The molecule has 0 saturated heterocycles. The van der Waals surface area contributed by atoms with Gasteiger partial charge in [-0.15, -0.1) is 0 Å². The van der Waals surface area contributed by atoms with Crippen molar-refractivity contribution < 1.29 is 4.79 Å². The lowest BCUT2D eigenvalue weighted by Crippen LogP contribution is -2.30. The maximum Gasteiger partial charge on any atom is 0.251 e. The number of nitrogens with one attached hydrogen (secondary N) is 1. The molecule has 1 aromatic heterocycles. The van der Waals surface area contributed by atoms with E-state index < -0.39 is 0 Å². The van der Waals surface area contributed by atoms with E-state index in [0.29, 0.717) is 18.0 Å². The van der Waals surface area contributed by atoms with Crippen molar-refractivity contribution in [1.82, 2.24) is 15.1 Å². The highest BCUT2D eigenvalue weighted by atomic mass is 16.1. The predicted octanol–water partition coefficient (Wildman–Crippen LogP) is 2.87. The number of nitrogens with zero attached hydrogens (tertiary/aromatic N) is 2. The average Bonchev–Trinajstić information content (AvgIpc) is 2.75. The highest BCUT2D eigenvalue weighted by Crippen LogP contribution is 2.07. The quantitative estimate of drug-likeness (QED) is 0.918. The molecule has 0 spiro atoms.